The maximum Gasteiger partial charge on any atom is 0.338 e. The maximum absolute atomic E-state index is 14.2. The van der Waals surface area contributed by atoms with Crippen LogP contribution >= 0.6 is 49.9 Å². The van der Waals surface area contributed by atoms with Gasteiger partial charge in [-0.05, 0) is 65.4 Å². The molecule has 4 aromatic rings. The minimum Gasteiger partial charge on any atom is -0.497 e. The normalized spacial score (nSPS) is 14.5. The standard InChI is InChI=1S/C32H24BrIN2O5S/c1-4-15-41-29-21(16-22(33)18-24(29)34)17-25-30(37)36-28(20-11-13-23(39-3)14-12-20)26(31(38)40-5-2)27(35-32(36)42-25)19-9-7-6-8-10-19/h1,6-14,16-18,28H,5,15H2,2-3H3/b25-17-/t28-/m1/s1. The summed E-state index contributed by atoms with van der Waals surface area (Å²) in [4.78, 5) is 33.1. The molecule has 0 saturated carbocycles. The van der Waals surface area contributed by atoms with Crippen molar-refractivity contribution in [3.05, 3.63) is 117 Å². The first-order valence-electron chi connectivity index (χ1n) is 12.8. The number of hydrogen-bond donors (Lipinski definition) is 0. The number of halogens is 2. The Labute approximate surface area is 268 Å². The molecule has 1 aliphatic rings. The average Bonchev–Trinajstić information content (AvgIpc) is 3.30. The number of carbonyl (C=O) groups is 1. The molecule has 0 unspecified atom stereocenters. The predicted octanol–water partition coefficient (Wildman–Crippen LogP) is 5.32. The molecule has 2 heterocycles. The lowest BCUT2D eigenvalue weighted by atomic mass is 9.93. The van der Waals surface area contributed by atoms with Crippen molar-refractivity contribution in [1.82, 2.24) is 4.57 Å². The lowest BCUT2D eigenvalue weighted by Crippen LogP contribution is -2.40. The second-order valence-electron chi connectivity index (χ2n) is 9.00. The molecule has 0 saturated heterocycles. The average molecular weight is 755 g/mol. The Morgan fingerprint density at radius 2 is 1.93 bits per heavy atom. The van der Waals surface area contributed by atoms with Crippen LogP contribution in [0.3, 0.4) is 0 Å². The number of terminal acetylenes is 1. The molecule has 1 aliphatic heterocycles. The van der Waals surface area contributed by atoms with Crippen LogP contribution in [-0.2, 0) is 9.53 Å². The number of ether oxygens (including phenoxy) is 3. The van der Waals surface area contributed by atoms with Crippen molar-refractivity contribution in [2.75, 3.05) is 20.3 Å². The van der Waals surface area contributed by atoms with Gasteiger partial charge in [-0.25, -0.2) is 9.79 Å². The zero-order valence-electron chi connectivity index (χ0n) is 22.6. The molecule has 0 N–H and O–H groups in total. The largest absolute Gasteiger partial charge is 0.497 e. The van der Waals surface area contributed by atoms with Crippen molar-refractivity contribution in [3.63, 3.8) is 0 Å². The number of thiazole rings is 1. The quantitative estimate of drug-likeness (QED) is 0.138. The van der Waals surface area contributed by atoms with E-state index in [-0.39, 0.29) is 24.3 Å². The summed E-state index contributed by atoms with van der Waals surface area (Å²) >= 11 is 6.95. The molecule has 10 heteroatoms. The fourth-order valence-electron chi connectivity index (χ4n) is 4.64. The molecule has 0 bridgehead atoms. The maximum atomic E-state index is 14.2. The molecular formula is C32H24BrIN2O5S. The van der Waals surface area contributed by atoms with E-state index in [2.05, 4.69) is 44.4 Å². The molecule has 1 atom stereocenters. The van der Waals surface area contributed by atoms with E-state index in [9.17, 15) is 9.59 Å². The van der Waals surface area contributed by atoms with Gasteiger partial charge in [-0.15, -0.1) is 6.42 Å². The van der Waals surface area contributed by atoms with Gasteiger partial charge >= 0.3 is 5.97 Å². The number of nitrogens with zero attached hydrogens (tertiary/aromatic N) is 2. The Morgan fingerprint density at radius 1 is 1.19 bits per heavy atom. The van der Waals surface area contributed by atoms with Crippen molar-refractivity contribution in [2.45, 2.75) is 13.0 Å². The Morgan fingerprint density at radius 3 is 2.60 bits per heavy atom. The zero-order chi connectivity index (χ0) is 29.8. The predicted molar refractivity (Wildman–Crippen MR) is 175 cm³/mol. The molecule has 0 fully saturated rings. The number of aromatic nitrogens is 1. The number of rotatable bonds is 8. The number of fused-ring (bicyclic) bond motifs is 1. The van der Waals surface area contributed by atoms with Crippen molar-refractivity contribution < 1.29 is 19.0 Å². The van der Waals surface area contributed by atoms with Crippen LogP contribution in [0.25, 0.3) is 11.8 Å². The van der Waals surface area contributed by atoms with Gasteiger partial charge in [-0.3, -0.25) is 9.36 Å². The highest BCUT2D eigenvalue weighted by Gasteiger charge is 2.35. The van der Waals surface area contributed by atoms with Gasteiger partial charge in [0.1, 0.15) is 18.1 Å². The topological polar surface area (TPSA) is 79.1 Å². The van der Waals surface area contributed by atoms with E-state index in [1.807, 2.05) is 54.6 Å². The number of hydrogen-bond acceptors (Lipinski definition) is 7. The van der Waals surface area contributed by atoms with Crippen LogP contribution in [0.4, 0.5) is 0 Å². The number of carbonyl (C=O) groups excluding carboxylic acids is 1. The first kappa shape index (κ1) is 29.8. The summed E-state index contributed by atoms with van der Waals surface area (Å²) in [5.74, 6) is 3.18. The molecule has 0 amide bonds. The molecule has 5 rings (SSSR count). The lowest BCUT2D eigenvalue weighted by Gasteiger charge is -2.26. The molecule has 3 aromatic carbocycles. The molecule has 0 aliphatic carbocycles. The third kappa shape index (κ3) is 5.95. The summed E-state index contributed by atoms with van der Waals surface area (Å²) in [7, 11) is 1.58. The summed E-state index contributed by atoms with van der Waals surface area (Å²) in [6.45, 7) is 2.00. The van der Waals surface area contributed by atoms with E-state index < -0.39 is 12.0 Å². The van der Waals surface area contributed by atoms with E-state index in [4.69, 9.17) is 25.6 Å². The Bertz CT molecular complexity index is 1910. The van der Waals surface area contributed by atoms with Crippen LogP contribution in [0.1, 0.15) is 29.7 Å². The van der Waals surface area contributed by atoms with Crippen molar-refractivity contribution in [3.8, 4) is 23.8 Å². The molecule has 1 aromatic heterocycles. The van der Waals surface area contributed by atoms with Gasteiger partial charge in [0.2, 0.25) is 0 Å². The van der Waals surface area contributed by atoms with Gasteiger partial charge in [0, 0.05) is 15.6 Å². The third-order valence-corrected chi connectivity index (χ3v) is 8.67. The first-order valence-corrected chi connectivity index (χ1v) is 15.5. The van der Waals surface area contributed by atoms with Crippen LogP contribution in [0, 0.1) is 15.9 Å². The van der Waals surface area contributed by atoms with Gasteiger partial charge in [0.05, 0.1) is 39.1 Å². The Balaban J connectivity index is 1.82. The fourth-order valence-corrected chi connectivity index (χ4v) is 7.33. The molecule has 42 heavy (non-hydrogen) atoms. The van der Waals surface area contributed by atoms with Gasteiger partial charge in [0.25, 0.3) is 5.56 Å². The smallest absolute Gasteiger partial charge is 0.338 e. The van der Waals surface area contributed by atoms with Gasteiger partial charge in [-0.2, -0.15) is 0 Å². The van der Waals surface area contributed by atoms with Gasteiger partial charge in [-0.1, -0.05) is 75.7 Å². The minimum atomic E-state index is -0.789. The summed E-state index contributed by atoms with van der Waals surface area (Å²) in [5, 5.41) is 0. The van der Waals surface area contributed by atoms with Crippen molar-refractivity contribution in [1.29, 1.82) is 0 Å². The van der Waals surface area contributed by atoms with E-state index in [1.54, 1.807) is 36.8 Å². The van der Waals surface area contributed by atoms with Crippen LogP contribution in [0.5, 0.6) is 11.5 Å². The number of methoxy groups -OCH3 is 1. The SMILES string of the molecule is C#CCOc1c(I)cc(Br)cc1/C=c1\sc2n(c1=O)[C@H](c1ccc(OC)cc1)C(C(=O)OCC)=C(c1ccccc1)N=2. The summed E-state index contributed by atoms with van der Waals surface area (Å²) in [6.07, 6.45) is 7.21. The monoisotopic (exact) mass is 754 g/mol. The van der Waals surface area contributed by atoms with E-state index in [1.165, 1.54) is 11.3 Å². The summed E-state index contributed by atoms with van der Waals surface area (Å²) in [6, 6.07) is 19.7. The van der Waals surface area contributed by atoms with E-state index in [0.717, 1.165) is 13.6 Å². The first-order chi connectivity index (χ1) is 20.4. The van der Waals surface area contributed by atoms with Crippen molar-refractivity contribution >= 4 is 67.6 Å². The molecule has 7 nitrogen and oxygen atoms in total. The van der Waals surface area contributed by atoms with Crippen LogP contribution < -0.4 is 24.4 Å². The number of benzene rings is 3. The molecule has 212 valence electrons. The van der Waals surface area contributed by atoms with Gasteiger partial charge < -0.3 is 14.2 Å². The highest BCUT2D eigenvalue weighted by molar-refractivity contribution is 14.1. The second kappa shape index (κ2) is 13.1. The second-order valence-corrected chi connectivity index (χ2v) is 12.1. The summed E-state index contributed by atoms with van der Waals surface area (Å²) in [5.41, 5.74) is 2.57. The highest BCUT2D eigenvalue weighted by atomic mass is 127. The Kier molecular flexibility index (Phi) is 9.30. The van der Waals surface area contributed by atoms with Crippen LogP contribution in [0.2, 0.25) is 0 Å². The van der Waals surface area contributed by atoms with Crippen LogP contribution in [0.15, 0.2) is 86.6 Å². The van der Waals surface area contributed by atoms with E-state index >= 15 is 0 Å². The molecule has 0 spiro atoms. The minimum absolute atomic E-state index is 0.0839. The van der Waals surface area contributed by atoms with Gasteiger partial charge in [0.15, 0.2) is 4.80 Å². The van der Waals surface area contributed by atoms with E-state index in [0.29, 0.717) is 37.7 Å². The fraction of sp³-hybridized carbons (Fsp3) is 0.156. The third-order valence-electron chi connectivity index (χ3n) is 6.43. The highest BCUT2D eigenvalue weighted by Crippen LogP contribution is 2.36. The van der Waals surface area contributed by atoms with Crippen molar-refractivity contribution in [2.24, 2.45) is 4.99 Å². The number of esters is 1. The lowest BCUT2D eigenvalue weighted by molar-refractivity contribution is -0.138. The summed E-state index contributed by atoms with van der Waals surface area (Å²) < 4.78 is 20.4. The zero-order valence-corrected chi connectivity index (χ0v) is 27.2. The van der Waals surface area contributed by atoms with Crippen LogP contribution in [-0.4, -0.2) is 30.9 Å². The molecule has 0 radical (unpaired) electrons. The Hall–Kier alpha value is -3.66. The molecular weight excluding hydrogens is 731 g/mol.